The summed E-state index contributed by atoms with van der Waals surface area (Å²) < 4.78 is 33.1. The van der Waals surface area contributed by atoms with Crippen LogP contribution < -0.4 is 10.1 Å². The van der Waals surface area contributed by atoms with Crippen LogP contribution in [0.4, 0.5) is 14.5 Å². The number of carbonyl (C=O) groups excluding carboxylic acids is 1. The molecule has 0 aliphatic carbocycles. The summed E-state index contributed by atoms with van der Waals surface area (Å²) in [6, 6.07) is 7.62. The number of hydrogen-bond donors (Lipinski definition) is 1. The monoisotopic (exact) mass is 331 g/mol. The number of halogens is 2. The number of ether oxygens (including phenoxy) is 1. The van der Waals surface area contributed by atoms with Gasteiger partial charge in [-0.3, -0.25) is 4.79 Å². The van der Waals surface area contributed by atoms with E-state index in [4.69, 9.17) is 4.74 Å². The molecule has 9 heteroatoms. The molecular formula is C15H11F2N5O2. The Morgan fingerprint density at radius 3 is 2.79 bits per heavy atom. The van der Waals surface area contributed by atoms with E-state index in [9.17, 15) is 13.6 Å². The van der Waals surface area contributed by atoms with Gasteiger partial charge in [-0.25, -0.2) is 13.5 Å². The zero-order valence-corrected chi connectivity index (χ0v) is 12.2. The number of anilines is 1. The van der Waals surface area contributed by atoms with Crippen molar-refractivity contribution in [2.75, 3.05) is 11.9 Å². The van der Waals surface area contributed by atoms with Gasteiger partial charge in [-0.2, -0.15) is 5.10 Å². The number of nitrogens with one attached hydrogen (secondary N) is 1. The molecule has 0 unspecified atom stereocenters. The number of aromatic nitrogens is 4. The fourth-order valence-corrected chi connectivity index (χ4v) is 1.84. The van der Waals surface area contributed by atoms with Gasteiger partial charge in [-0.15, -0.1) is 10.2 Å². The molecular weight excluding hydrogens is 320 g/mol. The van der Waals surface area contributed by atoms with Gasteiger partial charge in [0.05, 0.1) is 5.69 Å². The summed E-state index contributed by atoms with van der Waals surface area (Å²) in [5, 5.41) is 13.9. The first-order valence-electron chi connectivity index (χ1n) is 6.83. The van der Waals surface area contributed by atoms with Gasteiger partial charge in [-0.05, 0) is 24.3 Å². The molecule has 0 atom stereocenters. The van der Waals surface area contributed by atoms with E-state index in [0.29, 0.717) is 5.82 Å². The molecule has 0 saturated carbocycles. The summed E-state index contributed by atoms with van der Waals surface area (Å²) in [5.41, 5.74) is -0.260. The predicted molar refractivity (Wildman–Crippen MR) is 79.6 cm³/mol. The number of carbonyl (C=O) groups is 1. The van der Waals surface area contributed by atoms with Gasteiger partial charge in [-0.1, -0.05) is 0 Å². The van der Waals surface area contributed by atoms with Crippen LogP contribution in [0, 0.1) is 11.6 Å². The Hall–Kier alpha value is -3.36. The smallest absolute Gasteiger partial charge is 0.262 e. The van der Waals surface area contributed by atoms with Crippen LogP contribution in [0.25, 0.3) is 5.82 Å². The first kappa shape index (κ1) is 15.5. The molecule has 2 heterocycles. The van der Waals surface area contributed by atoms with Crippen molar-refractivity contribution in [1.82, 2.24) is 20.0 Å². The van der Waals surface area contributed by atoms with E-state index in [1.54, 1.807) is 24.5 Å². The van der Waals surface area contributed by atoms with Crippen molar-refractivity contribution in [2.45, 2.75) is 0 Å². The lowest BCUT2D eigenvalue weighted by Crippen LogP contribution is -2.21. The maximum absolute atomic E-state index is 13.4. The minimum Gasteiger partial charge on any atom is -0.466 e. The van der Waals surface area contributed by atoms with Gasteiger partial charge in [0.1, 0.15) is 11.6 Å². The molecule has 0 radical (unpaired) electrons. The van der Waals surface area contributed by atoms with Crippen molar-refractivity contribution in [3.63, 3.8) is 0 Å². The molecule has 1 N–H and O–H groups in total. The van der Waals surface area contributed by atoms with Gasteiger partial charge in [0, 0.05) is 24.5 Å². The van der Waals surface area contributed by atoms with Crippen LogP contribution in [0.3, 0.4) is 0 Å². The van der Waals surface area contributed by atoms with Crippen LogP contribution in [0.2, 0.25) is 0 Å². The normalized spacial score (nSPS) is 10.4. The Labute approximate surface area is 134 Å². The molecule has 0 aliphatic rings. The first-order chi connectivity index (χ1) is 11.6. The van der Waals surface area contributed by atoms with E-state index < -0.39 is 24.1 Å². The lowest BCUT2D eigenvalue weighted by molar-refractivity contribution is -0.118. The zero-order chi connectivity index (χ0) is 16.9. The molecule has 2 aromatic heterocycles. The summed E-state index contributed by atoms with van der Waals surface area (Å²) in [5.74, 6) is -1.46. The number of amides is 1. The second kappa shape index (κ2) is 6.82. The van der Waals surface area contributed by atoms with Crippen LogP contribution in [-0.2, 0) is 4.79 Å². The van der Waals surface area contributed by atoms with E-state index in [2.05, 4.69) is 20.6 Å². The number of rotatable bonds is 5. The minimum atomic E-state index is -0.742. The highest BCUT2D eigenvalue weighted by Gasteiger charge is 2.10. The van der Waals surface area contributed by atoms with Crippen molar-refractivity contribution in [3.05, 3.63) is 60.4 Å². The quantitative estimate of drug-likeness (QED) is 0.773. The third kappa shape index (κ3) is 3.69. The Morgan fingerprint density at radius 2 is 2.08 bits per heavy atom. The fraction of sp³-hybridized carbons (Fsp3) is 0.0667. The highest BCUT2D eigenvalue weighted by atomic mass is 19.1. The van der Waals surface area contributed by atoms with Crippen molar-refractivity contribution >= 4 is 11.6 Å². The van der Waals surface area contributed by atoms with Crippen molar-refractivity contribution in [2.24, 2.45) is 0 Å². The molecule has 24 heavy (non-hydrogen) atoms. The molecule has 1 amide bonds. The lowest BCUT2D eigenvalue weighted by Gasteiger charge is -2.08. The summed E-state index contributed by atoms with van der Waals surface area (Å²) in [6.45, 7) is -0.425. The molecule has 3 rings (SSSR count). The maximum atomic E-state index is 13.4. The van der Waals surface area contributed by atoms with Crippen molar-refractivity contribution in [3.8, 4) is 11.7 Å². The fourth-order valence-electron chi connectivity index (χ4n) is 1.84. The minimum absolute atomic E-state index is 0.112. The number of nitrogens with zero attached hydrogens (tertiary/aromatic N) is 4. The Morgan fingerprint density at radius 1 is 1.21 bits per heavy atom. The molecule has 0 aliphatic heterocycles. The molecule has 0 bridgehead atoms. The van der Waals surface area contributed by atoms with Gasteiger partial charge in [0.25, 0.3) is 5.91 Å². The van der Waals surface area contributed by atoms with Crippen LogP contribution in [-0.4, -0.2) is 32.5 Å². The third-order valence-corrected chi connectivity index (χ3v) is 2.92. The molecule has 7 nitrogen and oxygen atoms in total. The SMILES string of the molecule is O=C(COc1ccc(-n2cccn2)nn1)Nc1cc(F)ccc1F. The van der Waals surface area contributed by atoms with E-state index in [1.807, 2.05) is 0 Å². The summed E-state index contributed by atoms with van der Waals surface area (Å²) in [7, 11) is 0. The average molecular weight is 331 g/mol. The van der Waals surface area contributed by atoms with E-state index in [0.717, 1.165) is 18.2 Å². The highest BCUT2D eigenvalue weighted by Crippen LogP contribution is 2.15. The van der Waals surface area contributed by atoms with Crippen LogP contribution in [0.15, 0.2) is 48.8 Å². The summed E-state index contributed by atoms with van der Waals surface area (Å²) >= 11 is 0. The predicted octanol–water partition coefficient (Wildman–Crippen LogP) is 1.96. The van der Waals surface area contributed by atoms with Crippen LogP contribution in [0.5, 0.6) is 5.88 Å². The van der Waals surface area contributed by atoms with E-state index in [1.165, 1.54) is 10.7 Å². The lowest BCUT2D eigenvalue weighted by atomic mass is 10.3. The zero-order valence-electron chi connectivity index (χ0n) is 12.2. The van der Waals surface area contributed by atoms with Gasteiger partial charge in [0.15, 0.2) is 12.4 Å². The standard InChI is InChI=1S/C15H11F2N5O2/c16-10-2-3-11(17)12(8-10)19-14(23)9-24-15-5-4-13(20-21-15)22-7-1-6-18-22/h1-8H,9H2,(H,19,23). The molecule has 122 valence electrons. The molecule has 0 fully saturated rings. The first-order valence-corrected chi connectivity index (χ1v) is 6.83. The highest BCUT2D eigenvalue weighted by molar-refractivity contribution is 5.91. The molecule has 1 aromatic carbocycles. The Balaban J connectivity index is 1.57. The number of hydrogen-bond acceptors (Lipinski definition) is 5. The van der Waals surface area contributed by atoms with Crippen LogP contribution in [0.1, 0.15) is 0 Å². The Kier molecular flexibility index (Phi) is 4.41. The van der Waals surface area contributed by atoms with Crippen molar-refractivity contribution in [1.29, 1.82) is 0 Å². The maximum Gasteiger partial charge on any atom is 0.262 e. The van der Waals surface area contributed by atoms with E-state index in [-0.39, 0.29) is 11.6 Å². The Bertz CT molecular complexity index is 838. The van der Waals surface area contributed by atoms with Crippen LogP contribution >= 0.6 is 0 Å². The van der Waals surface area contributed by atoms with Gasteiger partial charge in [0.2, 0.25) is 5.88 Å². The largest absolute Gasteiger partial charge is 0.466 e. The van der Waals surface area contributed by atoms with E-state index >= 15 is 0 Å². The summed E-state index contributed by atoms with van der Waals surface area (Å²) in [4.78, 5) is 11.7. The second-order valence-electron chi connectivity index (χ2n) is 4.64. The number of benzene rings is 1. The topological polar surface area (TPSA) is 81.9 Å². The molecule has 0 saturated heterocycles. The third-order valence-electron chi connectivity index (χ3n) is 2.92. The molecule has 3 aromatic rings. The summed E-state index contributed by atoms with van der Waals surface area (Å²) in [6.07, 6.45) is 3.30. The average Bonchev–Trinajstić information content (AvgIpc) is 3.11. The second-order valence-corrected chi connectivity index (χ2v) is 4.64. The van der Waals surface area contributed by atoms with Gasteiger partial charge < -0.3 is 10.1 Å². The molecule has 0 spiro atoms. The van der Waals surface area contributed by atoms with Crippen molar-refractivity contribution < 1.29 is 18.3 Å². The van der Waals surface area contributed by atoms with Gasteiger partial charge >= 0.3 is 0 Å².